The number of nitrogens with two attached hydrogens (primary N) is 1. The Morgan fingerprint density at radius 2 is 2.26 bits per heavy atom. The number of benzene rings is 1. The fourth-order valence-electron chi connectivity index (χ4n) is 2.42. The van der Waals surface area contributed by atoms with Gasteiger partial charge in [0, 0.05) is 38.4 Å². The Kier molecular flexibility index (Phi) is 4.80. The van der Waals surface area contributed by atoms with Gasteiger partial charge in [0.15, 0.2) is 0 Å². The number of rotatable bonds is 5. The molecule has 104 valence electrons. The molecule has 0 atom stereocenters. The predicted molar refractivity (Wildman–Crippen MR) is 75.7 cm³/mol. The van der Waals surface area contributed by atoms with Crippen molar-refractivity contribution < 1.29 is 9.53 Å². The molecule has 2 N–H and O–H groups in total. The number of nitrogens with zero attached hydrogens (tertiary/aromatic N) is 1. The van der Waals surface area contributed by atoms with Crippen LogP contribution in [0.15, 0.2) is 18.2 Å². The van der Waals surface area contributed by atoms with E-state index in [9.17, 15) is 4.79 Å². The number of carbonyl (C=O) groups is 1. The molecule has 4 nitrogen and oxygen atoms in total. The van der Waals surface area contributed by atoms with Gasteiger partial charge >= 0.3 is 0 Å². The Balaban J connectivity index is 1.88. The third-order valence-corrected chi connectivity index (χ3v) is 3.48. The Bertz CT molecular complexity index is 446. The fourth-order valence-corrected chi connectivity index (χ4v) is 2.42. The Labute approximate surface area is 114 Å². The van der Waals surface area contributed by atoms with E-state index in [1.165, 1.54) is 11.1 Å². The van der Waals surface area contributed by atoms with Crippen LogP contribution < -0.4 is 5.73 Å². The molecule has 0 bridgehead atoms. The van der Waals surface area contributed by atoms with Crippen LogP contribution in [0.1, 0.15) is 30.9 Å². The molecule has 19 heavy (non-hydrogen) atoms. The van der Waals surface area contributed by atoms with Crippen molar-refractivity contribution in [1.29, 1.82) is 0 Å². The second kappa shape index (κ2) is 6.57. The molecule has 1 aliphatic heterocycles. The third-order valence-electron chi connectivity index (χ3n) is 3.48. The van der Waals surface area contributed by atoms with Crippen LogP contribution in [0.25, 0.3) is 0 Å². The molecule has 0 radical (unpaired) electrons. The van der Waals surface area contributed by atoms with Gasteiger partial charge in [-0.2, -0.15) is 0 Å². The second-order valence-corrected chi connectivity index (χ2v) is 4.89. The summed E-state index contributed by atoms with van der Waals surface area (Å²) in [6.07, 6.45) is 2.29. The van der Waals surface area contributed by atoms with E-state index in [2.05, 4.69) is 6.07 Å². The highest BCUT2D eigenvalue weighted by Crippen LogP contribution is 2.21. The van der Waals surface area contributed by atoms with Gasteiger partial charge in [-0.25, -0.2) is 0 Å². The summed E-state index contributed by atoms with van der Waals surface area (Å²) in [5.41, 5.74) is 9.06. The largest absolute Gasteiger partial charge is 0.399 e. The fraction of sp³-hybridized carbons (Fsp3) is 0.533. The first-order chi connectivity index (χ1) is 9.20. The maximum atomic E-state index is 12.1. The second-order valence-electron chi connectivity index (χ2n) is 4.89. The summed E-state index contributed by atoms with van der Waals surface area (Å²) in [6.45, 7) is 4.84. The van der Waals surface area contributed by atoms with Crippen LogP contribution in [0, 0.1) is 0 Å². The van der Waals surface area contributed by atoms with E-state index < -0.39 is 0 Å². The quantitative estimate of drug-likeness (QED) is 0.652. The average molecular weight is 262 g/mol. The van der Waals surface area contributed by atoms with Gasteiger partial charge in [0.1, 0.15) is 0 Å². The summed E-state index contributed by atoms with van der Waals surface area (Å²) in [4.78, 5) is 14.0. The minimum atomic E-state index is 0.216. The molecular weight excluding hydrogens is 240 g/mol. The van der Waals surface area contributed by atoms with E-state index in [1.807, 2.05) is 24.0 Å². The molecule has 1 amide bonds. The van der Waals surface area contributed by atoms with Crippen molar-refractivity contribution in [3.05, 3.63) is 29.3 Å². The lowest BCUT2D eigenvalue weighted by atomic mass is 9.99. The van der Waals surface area contributed by atoms with Crippen LogP contribution >= 0.6 is 0 Å². The lowest BCUT2D eigenvalue weighted by Gasteiger charge is -2.29. The average Bonchev–Trinajstić information content (AvgIpc) is 2.42. The highest BCUT2D eigenvalue weighted by Gasteiger charge is 2.20. The van der Waals surface area contributed by atoms with Crippen LogP contribution in [-0.4, -0.2) is 30.6 Å². The van der Waals surface area contributed by atoms with Crippen LogP contribution in [0.2, 0.25) is 0 Å². The number of carbonyl (C=O) groups excluding carboxylic acids is 1. The van der Waals surface area contributed by atoms with Crippen molar-refractivity contribution in [2.75, 3.05) is 25.5 Å². The Morgan fingerprint density at radius 3 is 3.05 bits per heavy atom. The van der Waals surface area contributed by atoms with Crippen LogP contribution in [0.5, 0.6) is 0 Å². The summed E-state index contributed by atoms with van der Waals surface area (Å²) in [5, 5.41) is 0. The highest BCUT2D eigenvalue weighted by atomic mass is 16.5. The summed E-state index contributed by atoms with van der Waals surface area (Å²) in [5.74, 6) is 0.216. The van der Waals surface area contributed by atoms with Crippen molar-refractivity contribution in [2.45, 2.75) is 32.7 Å². The van der Waals surface area contributed by atoms with E-state index in [0.717, 1.165) is 25.1 Å². The van der Waals surface area contributed by atoms with Crippen molar-refractivity contribution >= 4 is 11.6 Å². The molecule has 1 aliphatic rings. The van der Waals surface area contributed by atoms with Crippen molar-refractivity contribution in [3.63, 3.8) is 0 Å². The predicted octanol–water partition coefficient (Wildman–Crippen LogP) is 1.97. The molecule has 1 aromatic rings. The first-order valence-corrected chi connectivity index (χ1v) is 6.93. The van der Waals surface area contributed by atoms with Crippen molar-refractivity contribution in [2.24, 2.45) is 0 Å². The van der Waals surface area contributed by atoms with Gasteiger partial charge in [0.2, 0.25) is 5.91 Å². The van der Waals surface area contributed by atoms with Crippen LogP contribution in [0.4, 0.5) is 5.69 Å². The zero-order valence-corrected chi connectivity index (χ0v) is 11.5. The van der Waals surface area contributed by atoms with Gasteiger partial charge in [-0.15, -0.1) is 0 Å². The number of hydrogen-bond donors (Lipinski definition) is 1. The van der Waals surface area contributed by atoms with E-state index in [4.69, 9.17) is 10.5 Å². The van der Waals surface area contributed by atoms with Crippen LogP contribution in [-0.2, 0) is 22.5 Å². The van der Waals surface area contributed by atoms with Gasteiger partial charge < -0.3 is 15.4 Å². The summed E-state index contributed by atoms with van der Waals surface area (Å²) in [6, 6.07) is 5.98. The standard InChI is InChI=1S/C15H22N2O2/c1-2-19-9-3-4-15(18)17-8-7-12-5-6-14(16)10-13(12)11-17/h5-6,10H,2-4,7-9,11,16H2,1H3. The minimum Gasteiger partial charge on any atom is -0.399 e. The molecule has 0 unspecified atom stereocenters. The van der Waals surface area contributed by atoms with Gasteiger partial charge in [0.05, 0.1) is 0 Å². The van der Waals surface area contributed by atoms with E-state index in [1.54, 1.807) is 0 Å². The van der Waals surface area contributed by atoms with Gasteiger partial charge in [-0.3, -0.25) is 4.79 Å². The number of ether oxygens (including phenoxy) is 1. The molecule has 0 saturated carbocycles. The summed E-state index contributed by atoms with van der Waals surface area (Å²) < 4.78 is 5.26. The number of hydrogen-bond acceptors (Lipinski definition) is 3. The molecule has 4 heteroatoms. The lowest BCUT2D eigenvalue weighted by Crippen LogP contribution is -2.36. The molecule has 0 aliphatic carbocycles. The molecule has 0 spiro atoms. The molecule has 2 rings (SSSR count). The van der Waals surface area contributed by atoms with Gasteiger partial charge in [-0.1, -0.05) is 6.07 Å². The van der Waals surface area contributed by atoms with E-state index in [-0.39, 0.29) is 5.91 Å². The van der Waals surface area contributed by atoms with E-state index >= 15 is 0 Å². The number of amides is 1. The zero-order chi connectivity index (χ0) is 13.7. The topological polar surface area (TPSA) is 55.6 Å². The van der Waals surface area contributed by atoms with Gasteiger partial charge in [-0.05, 0) is 43.0 Å². The SMILES string of the molecule is CCOCCCC(=O)N1CCc2ccc(N)cc2C1. The number of fused-ring (bicyclic) bond motifs is 1. The molecule has 1 heterocycles. The summed E-state index contributed by atoms with van der Waals surface area (Å²) >= 11 is 0. The lowest BCUT2D eigenvalue weighted by molar-refractivity contribution is -0.132. The molecule has 0 aromatic heterocycles. The normalized spacial score (nSPS) is 14.3. The Hall–Kier alpha value is -1.55. The van der Waals surface area contributed by atoms with Gasteiger partial charge in [0.25, 0.3) is 0 Å². The number of anilines is 1. The molecule has 0 saturated heterocycles. The monoisotopic (exact) mass is 262 g/mol. The van der Waals surface area contributed by atoms with Crippen LogP contribution in [0.3, 0.4) is 0 Å². The third kappa shape index (κ3) is 3.70. The van der Waals surface area contributed by atoms with Crippen molar-refractivity contribution in [3.8, 4) is 0 Å². The minimum absolute atomic E-state index is 0.216. The Morgan fingerprint density at radius 1 is 1.42 bits per heavy atom. The first kappa shape index (κ1) is 13.9. The molecule has 0 fully saturated rings. The zero-order valence-electron chi connectivity index (χ0n) is 11.5. The summed E-state index contributed by atoms with van der Waals surface area (Å²) in [7, 11) is 0. The van der Waals surface area contributed by atoms with Crippen molar-refractivity contribution in [1.82, 2.24) is 4.90 Å². The molecular formula is C15H22N2O2. The maximum absolute atomic E-state index is 12.1. The first-order valence-electron chi connectivity index (χ1n) is 6.93. The highest BCUT2D eigenvalue weighted by molar-refractivity contribution is 5.76. The number of nitrogen functional groups attached to an aromatic ring is 1. The molecule has 1 aromatic carbocycles. The smallest absolute Gasteiger partial charge is 0.222 e. The van der Waals surface area contributed by atoms with E-state index in [0.29, 0.717) is 26.2 Å². The maximum Gasteiger partial charge on any atom is 0.222 e.